The zero-order chi connectivity index (χ0) is 18.2. The molecule has 0 spiro atoms. The van der Waals surface area contributed by atoms with E-state index in [1.165, 1.54) is 5.56 Å². The molecule has 2 N–H and O–H groups in total. The molecule has 25 heavy (non-hydrogen) atoms. The number of aryl methyl sites for hydroxylation is 1. The molecule has 0 bridgehead atoms. The first-order valence-corrected chi connectivity index (χ1v) is 8.36. The smallest absolute Gasteiger partial charge is 0.314 e. The fraction of sp³-hybridized carbons (Fsp3) is 0.421. The molecule has 0 saturated carbocycles. The Morgan fingerprint density at radius 2 is 2.08 bits per heavy atom. The minimum atomic E-state index is -0.190. The standard InChI is InChI=1S/C19H27N3O3/c1-14-7-8-17(24-4)15(12-14)9-10-20-19(23)21-13-16(22(2)3)18-6-5-11-25-18/h5-8,11-12,16H,9-10,13H2,1-4H3,(H2,20,21,23). The van der Waals surface area contributed by atoms with Crippen LogP contribution in [0.5, 0.6) is 5.75 Å². The maximum absolute atomic E-state index is 12.0. The van der Waals surface area contributed by atoms with Crippen LogP contribution in [0, 0.1) is 6.92 Å². The van der Waals surface area contributed by atoms with Gasteiger partial charge in [0.05, 0.1) is 19.4 Å². The van der Waals surface area contributed by atoms with Crippen molar-refractivity contribution in [2.24, 2.45) is 0 Å². The van der Waals surface area contributed by atoms with Crippen molar-refractivity contribution < 1.29 is 13.9 Å². The van der Waals surface area contributed by atoms with Gasteiger partial charge < -0.3 is 19.8 Å². The number of furan rings is 1. The highest BCUT2D eigenvalue weighted by Gasteiger charge is 2.17. The summed E-state index contributed by atoms with van der Waals surface area (Å²) in [5.74, 6) is 1.67. The van der Waals surface area contributed by atoms with Gasteiger partial charge in [-0.05, 0) is 51.2 Å². The molecule has 136 valence electrons. The lowest BCUT2D eigenvalue weighted by Gasteiger charge is -2.22. The molecular formula is C19H27N3O3. The zero-order valence-electron chi connectivity index (χ0n) is 15.3. The minimum absolute atomic E-state index is 0.00221. The molecule has 6 heteroatoms. The summed E-state index contributed by atoms with van der Waals surface area (Å²) in [5.41, 5.74) is 2.26. The summed E-state index contributed by atoms with van der Waals surface area (Å²) in [6.07, 6.45) is 2.36. The molecule has 6 nitrogen and oxygen atoms in total. The van der Waals surface area contributed by atoms with Gasteiger partial charge in [0.1, 0.15) is 11.5 Å². The van der Waals surface area contributed by atoms with Crippen molar-refractivity contribution in [2.75, 3.05) is 34.3 Å². The lowest BCUT2D eigenvalue weighted by atomic mass is 10.1. The summed E-state index contributed by atoms with van der Waals surface area (Å²) >= 11 is 0. The Morgan fingerprint density at radius 3 is 2.72 bits per heavy atom. The lowest BCUT2D eigenvalue weighted by molar-refractivity contribution is 0.225. The number of nitrogens with zero attached hydrogens (tertiary/aromatic N) is 1. The van der Waals surface area contributed by atoms with Crippen LogP contribution in [0.4, 0.5) is 4.79 Å². The molecule has 1 unspecified atom stereocenters. The summed E-state index contributed by atoms with van der Waals surface area (Å²) < 4.78 is 10.8. The number of carbonyl (C=O) groups is 1. The van der Waals surface area contributed by atoms with E-state index in [0.29, 0.717) is 19.5 Å². The molecule has 0 saturated heterocycles. The number of methoxy groups -OCH3 is 1. The van der Waals surface area contributed by atoms with Gasteiger partial charge in [-0.15, -0.1) is 0 Å². The Bertz CT molecular complexity index is 669. The molecule has 1 heterocycles. The molecule has 2 rings (SSSR count). The molecule has 2 aromatic rings. The van der Waals surface area contributed by atoms with Crippen molar-refractivity contribution in [1.29, 1.82) is 0 Å². The Morgan fingerprint density at radius 1 is 1.28 bits per heavy atom. The predicted octanol–water partition coefficient (Wildman–Crippen LogP) is 2.74. The molecule has 2 amide bonds. The molecule has 0 fully saturated rings. The zero-order valence-corrected chi connectivity index (χ0v) is 15.3. The number of hydrogen-bond donors (Lipinski definition) is 2. The summed E-state index contributed by atoms with van der Waals surface area (Å²) in [6.45, 7) is 3.05. The normalized spacial score (nSPS) is 12.0. The number of likely N-dealkylation sites (N-methyl/N-ethyl adjacent to an activating group) is 1. The predicted molar refractivity (Wildman–Crippen MR) is 98.0 cm³/mol. The number of ether oxygens (including phenoxy) is 1. The maximum Gasteiger partial charge on any atom is 0.314 e. The third kappa shape index (κ3) is 5.53. The maximum atomic E-state index is 12.0. The quantitative estimate of drug-likeness (QED) is 0.772. The number of nitrogens with one attached hydrogen (secondary N) is 2. The second-order valence-corrected chi connectivity index (χ2v) is 6.20. The van der Waals surface area contributed by atoms with Crippen LogP contribution >= 0.6 is 0 Å². The van der Waals surface area contributed by atoms with Gasteiger partial charge in [-0.25, -0.2) is 4.79 Å². The average Bonchev–Trinajstić information content (AvgIpc) is 3.09. The van der Waals surface area contributed by atoms with Gasteiger partial charge in [0.15, 0.2) is 0 Å². The van der Waals surface area contributed by atoms with E-state index in [1.54, 1.807) is 13.4 Å². The lowest BCUT2D eigenvalue weighted by Crippen LogP contribution is -2.41. The van der Waals surface area contributed by atoms with E-state index in [0.717, 1.165) is 17.1 Å². The summed E-state index contributed by atoms with van der Waals surface area (Å²) in [5, 5.41) is 5.78. The Kier molecular flexibility index (Phi) is 6.89. The van der Waals surface area contributed by atoms with Gasteiger partial charge in [0.2, 0.25) is 0 Å². The van der Waals surface area contributed by atoms with Gasteiger partial charge in [-0.1, -0.05) is 17.7 Å². The molecular weight excluding hydrogens is 318 g/mol. The summed E-state index contributed by atoms with van der Waals surface area (Å²) in [7, 11) is 5.57. The number of carbonyl (C=O) groups excluding carboxylic acids is 1. The van der Waals surface area contributed by atoms with E-state index < -0.39 is 0 Å². The van der Waals surface area contributed by atoms with Crippen molar-refractivity contribution >= 4 is 6.03 Å². The topological polar surface area (TPSA) is 66.7 Å². The first-order chi connectivity index (χ1) is 12.0. The van der Waals surface area contributed by atoms with E-state index in [9.17, 15) is 4.79 Å². The van der Waals surface area contributed by atoms with Crippen LogP contribution in [0.25, 0.3) is 0 Å². The van der Waals surface area contributed by atoms with Crippen LogP contribution in [0.3, 0.4) is 0 Å². The number of hydrogen-bond acceptors (Lipinski definition) is 4. The van der Waals surface area contributed by atoms with Crippen molar-refractivity contribution in [3.63, 3.8) is 0 Å². The van der Waals surface area contributed by atoms with Crippen LogP contribution in [0.1, 0.15) is 22.9 Å². The highest BCUT2D eigenvalue weighted by Crippen LogP contribution is 2.20. The van der Waals surface area contributed by atoms with E-state index >= 15 is 0 Å². The van der Waals surface area contributed by atoms with Crippen LogP contribution < -0.4 is 15.4 Å². The van der Waals surface area contributed by atoms with Gasteiger partial charge >= 0.3 is 6.03 Å². The molecule has 1 aromatic heterocycles. The number of benzene rings is 1. The van der Waals surface area contributed by atoms with Gasteiger partial charge in [-0.3, -0.25) is 4.90 Å². The fourth-order valence-corrected chi connectivity index (χ4v) is 2.68. The van der Waals surface area contributed by atoms with Crippen LogP contribution in [0.2, 0.25) is 0 Å². The number of amides is 2. The monoisotopic (exact) mass is 345 g/mol. The van der Waals surface area contributed by atoms with E-state index in [2.05, 4.69) is 16.7 Å². The summed E-state index contributed by atoms with van der Waals surface area (Å²) in [6, 6.07) is 9.61. The second kappa shape index (κ2) is 9.13. The van der Waals surface area contributed by atoms with Crippen molar-refractivity contribution in [1.82, 2.24) is 15.5 Å². The van der Waals surface area contributed by atoms with Gasteiger partial charge in [0, 0.05) is 13.1 Å². The highest BCUT2D eigenvalue weighted by molar-refractivity contribution is 5.73. The molecule has 1 aromatic carbocycles. The van der Waals surface area contributed by atoms with Crippen molar-refractivity contribution in [3.8, 4) is 5.75 Å². The highest BCUT2D eigenvalue weighted by atomic mass is 16.5. The molecule has 0 radical (unpaired) electrons. The first-order valence-electron chi connectivity index (χ1n) is 8.36. The van der Waals surface area contributed by atoms with Crippen LogP contribution in [-0.4, -0.2) is 45.2 Å². The second-order valence-electron chi connectivity index (χ2n) is 6.20. The van der Waals surface area contributed by atoms with E-state index in [-0.39, 0.29) is 12.1 Å². The molecule has 1 atom stereocenters. The minimum Gasteiger partial charge on any atom is -0.496 e. The Balaban J connectivity index is 1.80. The third-order valence-corrected chi connectivity index (χ3v) is 4.07. The number of rotatable bonds is 8. The summed E-state index contributed by atoms with van der Waals surface area (Å²) in [4.78, 5) is 14.1. The SMILES string of the molecule is COc1ccc(C)cc1CCNC(=O)NCC(c1ccco1)N(C)C. The van der Waals surface area contributed by atoms with Crippen LogP contribution in [0.15, 0.2) is 41.0 Å². The van der Waals surface area contributed by atoms with Crippen LogP contribution in [-0.2, 0) is 6.42 Å². The van der Waals surface area contributed by atoms with E-state index in [1.807, 2.05) is 50.2 Å². The van der Waals surface area contributed by atoms with Crippen molar-refractivity contribution in [3.05, 3.63) is 53.5 Å². The first kappa shape index (κ1) is 18.9. The third-order valence-electron chi connectivity index (χ3n) is 4.07. The van der Waals surface area contributed by atoms with Crippen molar-refractivity contribution in [2.45, 2.75) is 19.4 Å². The largest absolute Gasteiger partial charge is 0.496 e. The molecule has 0 aliphatic heterocycles. The molecule has 0 aliphatic rings. The Labute approximate surface area is 149 Å². The average molecular weight is 345 g/mol. The molecule has 0 aliphatic carbocycles. The Hall–Kier alpha value is -2.47. The van der Waals surface area contributed by atoms with Gasteiger partial charge in [0.25, 0.3) is 0 Å². The number of urea groups is 1. The fourth-order valence-electron chi connectivity index (χ4n) is 2.68. The van der Waals surface area contributed by atoms with Gasteiger partial charge in [-0.2, -0.15) is 0 Å². The van der Waals surface area contributed by atoms with E-state index in [4.69, 9.17) is 9.15 Å².